The number of fused-ring (bicyclic) bond motifs is 1. The number of aromatic nitrogens is 3. The zero-order valence-corrected chi connectivity index (χ0v) is 15.1. The molecule has 1 unspecified atom stereocenters. The Morgan fingerprint density at radius 2 is 2.08 bits per heavy atom. The van der Waals surface area contributed by atoms with Crippen molar-refractivity contribution >= 4 is 36.8 Å². The molecule has 0 aliphatic heterocycles. The predicted octanol–water partition coefficient (Wildman–Crippen LogP) is 3.55. The lowest BCUT2D eigenvalue weighted by Crippen LogP contribution is -2.05. The van der Waals surface area contributed by atoms with E-state index in [-0.39, 0.29) is 0 Å². The molecule has 0 saturated carbocycles. The lowest BCUT2D eigenvalue weighted by molar-refractivity contribution is 0.948. The lowest BCUT2D eigenvalue weighted by atomic mass is 10.2. The van der Waals surface area contributed by atoms with Gasteiger partial charge in [0.25, 0.3) is 0 Å². The quantitative estimate of drug-likeness (QED) is 0.737. The van der Waals surface area contributed by atoms with Gasteiger partial charge in [0.2, 0.25) is 0 Å². The summed E-state index contributed by atoms with van der Waals surface area (Å²) in [4.78, 5) is 8.67. The van der Waals surface area contributed by atoms with Crippen LogP contribution >= 0.6 is 8.73 Å². The van der Waals surface area contributed by atoms with Crippen LogP contribution in [0.15, 0.2) is 30.7 Å². The van der Waals surface area contributed by atoms with E-state index < -0.39 is 0 Å². The van der Waals surface area contributed by atoms with Crippen LogP contribution in [0.1, 0.15) is 11.3 Å². The van der Waals surface area contributed by atoms with E-state index in [9.17, 15) is 0 Å². The molecule has 2 aromatic heterocycles. The number of benzene rings is 1. The maximum absolute atomic E-state index is 8.95. The van der Waals surface area contributed by atoms with Crippen molar-refractivity contribution in [2.45, 2.75) is 6.92 Å². The number of anilines is 3. The molecule has 0 aliphatic carbocycles. The Balaban J connectivity index is 2.07. The van der Waals surface area contributed by atoms with Gasteiger partial charge in [-0.2, -0.15) is 5.26 Å². The van der Waals surface area contributed by atoms with Gasteiger partial charge in [-0.3, -0.25) is 0 Å². The number of hydrogen-bond acceptors (Lipinski definition) is 5. The van der Waals surface area contributed by atoms with E-state index >= 15 is 0 Å². The van der Waals surface area contributed by atoms with Gasteiger partial charge in [0.15, 0.2) is 0 Å². The third kappa shape index (κ3) is 2.91. The Kier molecular flexibility index (Phi) is 4.37. The topological polar surface area (TPSA) is 69.8 Å². The van der Waals surface area contributed by atoms with Crippen LogP contribution in [0.4, 0.5) is 17.1 Å². The van der Waals surface area contributed by atoms with Crippen molar-refractivity contribution in [1.29, 1.82) is 5.26 Å². The molecule has 1 N–H and O–H groups in total. The Labute approximate surface area is 143 Å². The van der Waals surface area contributed by atoms with Crippen LogP contribution in [-0.4, -0.2) is 28.2 Å². The summed E-state index contributed by atoms with van der Waals surface area (Å²) in [6.07, 6.45) is 3.53. The lowest BCUT2D eigenvalue weighted by Gasteiger charge is -2.19. The molecule has 122 valence electrons. The van der Waals surface area contributed by atoms with Crippen LogP contribution in [0.3, 0.4) is 0 Å². The first kappa shape index (κ1) is 16.2. The molecule has 6 nitrogen and oxygen atoms in total. The van der Waals surface area contributed by atoms with Crippen LogP contribution in [0, 0.1) is 18.3 Å². The largest absolute Gasteiger partial charge is 0.355 e. The minimum absolute atomic E-state index is 0.424. The standard InChI is InChI=1S/C17H19N6P/c1-11-5-13(8-18)19-9-14(11)21-12-6-15-17(20-10-22(15)2)16(7-12)23(3)24-4/h5-7,9-10,21,24H,1-4H3. The second kappa shape index (κ2) is 6.46. The molecule has 0 radical (unpaired) electrons. The number of aryl methyl sites for hydroxylation is 2. The minimum Gasteiger partial charge on any atom is -0.355 e. The molecule has 7 heteroatoms. The summed E-state index contributed by atoms with van der Waals surface area (Å²) in [5.41, 5.74) is 6.43. The fourth-order valence-corrected chi connectivity index (χ4v) is 2.98. The van der Waals surface area contributed by atoms with Gasteiger partial charge in [0.05, 0.1) is 29.4 Å². The van der Waals surface area contributed by atoms with Crippen molar-refractivity contribution in [3.63, 3.8) is 0 Å². The van der Waals surface area contributed by atoms with E-state index in [1.807, 2.05) is 24.9 Å². The van der Waals surface area contributed by atoms with Crippen LogP contribution < -0.4 is 9.99 Å². The highest BCUT2D eigenvalue weighted by Gasteiger charge is 2.12. The molecule has 1 aromatic carbocycles. The van der Waals surface area contributed by atoms with Crippen molar-refractivity contribution in [2.24, 2.45) is 7.05 Å². The van der Waals surface area contributed by atoms with Gasteiger partial charge in [0.1, 0.15) is 17.3 Å². The van der Waals surface area contributed by atoms with Gasteiger partial charge >= 0.3 is 0 Å². The first-order valence-electron chi connectivity index (χ1n) is 7.53. The van der Waals surface area contributed by atoms with Crippen LogP contribution in [0.25, 0.3) is 11.0 Å². The summed E-state index contributed by atoms with van der Waals surface area (Å²) >= 11 is 0. The molecule has 0 fully saturated rings. The molecule has 24 heavy (non-hydrogen) atoms. The Morgan fingerprint density at radius 1 is 1.29 bits per heavy atom. The van der Waals surface area contributed by atoms with Gasteiger partial charge < -0.3 is 14.6 Å². The van der Waals surface area contributed by atoms with Crippen molar-refractivity contribution in [3.8, 4) is 6.07 Å². The van der Waals surface area contributed by atoms with Crippen LogP contribution in [0.2, 0.25) is 0 Å². The second-order valence-corrected chi connectivity index (χ2v) is 6.74. The molecule has 0 spiro atoms. The Bertz CT molecular complexity index is 940. The molecular weight excluding hydrogens is 319 g/mol. The molecule has 0 saturated heterocycles. The summed E-state index contributed by atoms with van der Waals surface area (Å²) < 4.78 is 4.21. The first-order valence-corrected chi connectivity index (χ1v) is 8.98. The Hall–Kier alpha value is -2.64. The maximum Gasteiger partial charge on any atom is 0.140 e. The summed E-state index contributed by atoms with van der Waals surface area (Å²) in [6.45, 7) is 4.11. The fraction of sp³-hybridized carbons (Fsp3) is 0.235. The van der Waals surface area contributed by atoms with Gasteiger partial charge in [-0.25, -0.2) is 9.97 Å². The van der Waals surface area contributed by atoms with E-state index in [0.29, 0.717) is 14.4 Å². The molecule has 3 rings (SSSR count). The van der Waals surface area contributed by atoms with E-state index in [4.69, 9.17) is 5.26 Å². The summed E-state index contributed by atoms with van der Waals surface area (Å²) in [7, 11) is 4.71. The molecule has 2 heterocycles. The number of nitrogens with one attached hydrogen (secondary N) is 1. The zero-order valence-electron chi connectivity index (χ0n) is 14.1. The Morgan fingerprint density at radius 3 is 2.75 bits per heavy atom. The maximum atomic E-state index is 8.95. The van der Waals surface area contributed by atoms with Gasteiger partial charge in [-0.1, -0.05) is 0 Å². The number of hydrogen-bond donors (Lipinski definition) is 1. The summed E-state index contributed by atoms with van der Waals surface area (Å²) in [6, 6.07) is 8.03. The van der Waals surface area contributed by atoms with Gasteiger partial charge in [0, 0.05) is 19.8 Å². The third-order valence-electron chi connectivity index (χ3n) is 4.01. The monoisotopic (exact) mass is 338 g/mol. The van der Waals surface area contributed by atoms with Crippen molar-refractivity contribution in [3.05, 3.63) is 42.0 Å². The third-order valence-corrected chi connectivity index (χ3v) is 4.92. The molecular formula is C17H19N6P. The fourth-order valence-electron chi connectivity index (χ4n) is 2.56. The van der Waals surface area contributed by atoms with Gasteiger partial charge in [-0.05, 0) is 46.1 Å². The first-order chi connectivity index (χ1) is 11.5. The summed E-state index contributed by atoms with van der Waals surface area (Å²) in [5.74, 6) is 0. The number of nitrogens with zero attached hydrogens (tertiary/aromatic N) is 5. The SMILES string of the molecule is CPN(C)c1cc(Nc2cnc(C#N)cc2C)cc2c1ncn2C. The summed E-state index contributed by atoms with van der Waals surface area (Å²) in [5, 5.41) is 12.4. The highest BCUT2D eigenvalue weighted by atomic mass is 31.1. The molecule has 0 bridgehead atoms. The highest BCUT2D eigenvalue weighted by Crippen LogP contribution is 2.34. The molecule has 0 amide bonds. The molecule has 1 atom stereocenters. The number of nitriles is 1. The van der Waals surface area contributed by atoms with E-state index in [2.05, 4.69) is 51.9 Å². The predicted molar refractivity (Wildman–Crippen MR) is 100 cm³/mol. The normalized spacial score (nSPS) is 11.1. The number of pyridine rings is 1. The number of imidazole rings is 1. The van der Waals surface area contributed by atoms with Crippen molar-refractivity contribution < 1.29 is 0 Å². The molecule has 3 aromatic rings. The highest BCUT2D eigenvalue weighted by molar-refractivity contribution is 7.39. The van der Waals surface area contributed by atoms with Gasteiger partial charge in [-0.15, -0.1) is 0 Å². The van der Waals surface area contributed by atoms with Crippen molar-refractivity contribution in [2.75, 3.05) is 23.7 Å². The van der Waals surface area contributed by atoms with Crippen LogP contribution in [-0.2, 0) is 7.05 Å². The molecule has 0 aliphatic rings. The average Bonchev–Trinajstić information content (AvgIpc) is 2.96. The van der Waals surface area contributed by atoms with Crippen molar-refractivity contribution in [1.82, 2.24) is 14.5 Å². The smallest absolute Gasteiger partial charge is 0.140 e. The average molecular weight is 338 g/mol. The van der Waals surface area contributed by atoms with E-state index in [0.717, 1.165) is 33.7 Å². The second-order valence-electron chi connectivity index (χ2n) is 5.62. The van der Waals surface area contributed by atoms with E-state index in [1.165, 1.54) is 0 Å². The van der Waals surface area contributed by atoms with Crippen LogP contribution in [0.5, 0.6) is 0 Å². The van der Waals surface area contributed by atoms with E-state index in [1.54, 1.807) is 12.3 Å². The number of rotatable bonds is 4. The zero-order chi connectivity index (χ0) is 17.3. The minimum atomic E-state index is 0.424.